The summed E-state index contributed by atoms with van der Waals surface area (Å²) < 4.78 is 32.7. The van der Waals surface area contributed by atoms with Crippen molar-refractivity contribution >= 4 is 26.9 Å². The molecule has 2 aromatic heterocycles. The topological polar surface area (TPSA) is 112 Å². The van der Waals surface area contributed by atoms with Crippen LogP contribution in [0, 0.1) is 0 Å². The summed E-state index contributed by atoms with van der Waals surface area (Å²) in [6, 6.07) is 7.12. The van der Waals surface area contributed by atoms with Gasteiger partial charge in [0.1, 0.15) is 12.1 Å². The predicted octanol–water partition coefficient (Wildman–Crippen LogP) is 1.73. The van der Waals surface area contributed by atoms with Crippen LogP contribution in [-0.2, 0) is 10.0 Å². The molecule has 0 radical (unpaired) electrons. The Labute approximate surface area is 167 Å². The van der Waals surface area contributed by atoms with Gasteiger partial charge in [-0.15, -0.1) is 0 Å². The number of nitrogens with zero attached hydrogens (tertiary/aromatic N) is 4. The van der Waals surface area contributed by atoms with Crippen molar-refractivity contribution in [2.45, 2.75) is 42.7 Å². The molecule has 1 aliphatic heterocycles. The molecule has 10 heteroatoms. The van der Waals surface area contributed by atoms with E-state index >= 15 is 0 Å². The van der Waals surface area contributed by atoms with Crippen molar-refractivity contribution in [1.82, 2.24) is 19.3 Å². The smallest absolute Gasteiger partial charge is 0.408 e. The number of H-pyrrole nitrogens is 1. The number of anilines is 1. The highest BCUT2D eigenvalue weighted by Crippen LogP contribution is 2.35. The summed E-state index contributed by atoms with van der Waals surface area (Å²) in [5.74, 6) is 0.318. The van der Waals surface area contributed by atoms with Crippen LogP contribution in [0.5, 0.6) is 0 Å². The molecular formula is C19H21N5O4S. The van der Waals surface area contributed by atoms with Gasteiger partial charge in [-0.3, -0.25) is 4.98 Å². The number of aromatic amines is 1. The lowest BCUT2D eigenvalue weighted by atomic mass is 10.0. The summed E-state index contributed by atoms with van der Waals surface area (Å²) in [5.41, 5.74) is 0.729. The number of hydrogen-bond donors (Lipinski definition) is 1. The van der Waals surface area contributed by atoms with Gasteiger partial charge in [0.05, 0.1) is 10.4 Å². The van der Waals surface area contributed by atoms with Gasteiger partial charge < -0.3 is 9.32 Å². The SMILES string of the molecule is O=c1[nH]c2cc(S(=O)(=O)N3CCC(N(c4ccncn4)C4CC4)CC3)ccc2o1. The van der Waals surface area contributed by atoms with Crippen molar-refractivity contribution < 1.29 is 12.8 Å². The summed E-state index contributed by atoms with van der Waals surface area (Å²) in [7, 11) is -3.64. The summed E-state index contributed by atoms with van der Waals surface area (Å²) >= 11 is 0. The molecule has 1 aliphatic carbocycles. The van der Waals surface area contributed by atoms with Crippen LogP contribution < -0.4 is 10.7 Å². The lowest BCUT2D eigenvalue weighted by Gasteiger charge is -2.38. The van der Waals surface area contributed by atoms with Crippen LogP contribution in [0.2, 0.25) is 0 Å². The number of rotatable bonds is 5. The van der Waals surface area contributed by atoms with Crippen molar-refractivity contribution in [2.75, 3.05) is 18.0 Å². The van der Waals surface area contributed by atoms with Gasteiger partial charge in [-0.25, -0.2) is 23.2 Å². The van der Waals surface area contributed by atoms with Gasteiger partial charge in [0, 0.05) is 31.4 Å². The minimum atomic E-state index is -3.64. The second-order valence-electron chi connectivity index (χ2n) is 7.51. The summed E-state index contributed by atoms with van der Waals surface area (Å²) in [6.45, 7) is 0.891. The Morgan fingerprint density at radius 1 is 1.10 bits per heavy atom. The van der Waals surface area contributed by atoms with E-state index in [1.807, 2.05) is 6.07 Å². The highest BCUT2D eigenvalue weighted by molar-refractivity contribution is 7.89. The number of fused-ring (bicyclic) bond motifs is 1. The van der Waals surface area contributed by atoms with Crippen LogP contribution in [-0.4, -0.2) is 52.8 Å². The van der Waals surface area contributed by atoms with Gasteiger partial charge in [0.25, 0.3) is 0 Å². The molecule has 1 saturated carbocycles. The molecule has 1 saturated heterocycles. The van der Waals surface area contributed by atoms with Gasteiger partial charge in [0.15, 0.2) is 5.58 Å². The Morgan fingerprint density at radius 2 is 1.86 bits per heavy atom. The van der Waals surface area contributed by atoms with Crippen LogP contribution in [0.3, 0.4) is 0 Å². The number of sulfonamides is 1. The maximum atomic E-state index is 13.1. The van der Waals surface area contributed by atoms with E-state index < -0.39 is 15.8 Å². The minimum absolute atomic E-state index is 0.162. The third-order valence-corrected chi connectivity index (χ3v) is 7.51. The molecule has 3 heterocycles. The molecule has 0 amide bonds. The molecule has 0 unspecified atom stereocenters. The van der Waals surface area contributed by atoms with Crippen LogP contribution in [0.15, 0.2) is 50.9 Å². The number of oxazole rings is 1. The molecule has 9 nitrogen and oxygen atoms in total. The number of nitrogens with one attached hydrogen (secondary N) is 1. The van der Waals surface area contributed by atoms with E-state index in [4.69, 9.17) is 4.42 Å². The fourth-order valence-electron chi connectivity index (χ4n) is 4.06. The highest BCUT2D eigenvalue weighted by atomic mass is 32.2. The van der Waals surface area contributed by atoms with E-state index in [1.54, 1.807) is 12.5 Å². The van der Waals surface area contributed by atoms with Gasteiger partial charge in [0.2, 0.25) is 10.0 Å². The first-order valence-electron chi connectivity index (χ1n) is 9.70. The first-order chi connectivity index (χ1) is 14.0. The Bertz CT molecular complexity index is 1180. The number of piperidine rings is 1. The first kappa shape index (κ1) is 18.3. The third kappa shape index (κ3) is 3.42. The number of hydrogen-bond acceptors (Lipinski definition) is 7. The molecule has 3 aromatic rings. The van der Waals surface area contributed by atoms with Gasteiger partial charge in [-0.1, -0.05) is 0 Å². The molecule has 0 atom stereocenters. The lowest BCUT2D eigenvalue weighted by Crippen LogP contribution is -2.48. The Kier molecular flexibility index (Phi) is 4.39. The van der Waals surface area contributed by atoms with Crippen molar-refractivity contribution in [3.05, 3.63) is 47.3 Å². The van der Waals surface area contributed by atoms with E-state index in [-0.39, 0.29) is 10.9 Å². The average molecular weight is 415 g/mol. The Hall–Kier alpha value is -2.72. The van der Waals surface area contributed by atoms with Crippen LogP contribution in [0.4, 0.5) is 5.82 Å². The maximum absolute atomic E-state index is 13.1. The van der Waals surface area contributed by atoms with Crippen LogP contribution in [0.25, 0.3) is 11.1 Å². The van der Waals surface area contributed by atoms with E-state index in [0.717, 1.165) is 31.5 Å². The standard InChI is InChI=1S/C19H21N5O4S/c25-19-22-16-11-15(3-4-17(16)28-19)29(26,27)23-9-6-14(7-10-23)24(13-1-2-13)18-5-8-20-12-21-18/h3-5,8,11-14H,1-2,6-7,9-10H2,(H,22,25). The maximum Gasteiger partial charge on any atom is 0.417 e. The fraction of sp³-hybridized carbons (Fsp3) is 0.421. The molecule has 29 heavy (non-hydrogen) atoms. The van der Waals surface area contributed by atoms with Gasteiger partial charge in [-0.05, 0) is 49.9 Å². The van der Waals surface area contributed by atoms with Crippen molar-refractivity contribution in [2.24, 2.45) is 0 Å². The molecule has 2 fully saturated rings. The van der Waals surface area contributed by atoms with Crippen molar-refractivity contribution in [3.63, 3.8) is 0 Å². The first-order valence-corrected chi connectivity index (χ1v) is 11.1. The molecule has 1 aromatic carbocycles. The van der Waals surface area contributed by atoms with Gasteiger partial charge >= 0.3 is 5.76 Å². The van der Waals surface area contributed by atoms with E-state index in [1.165, 1.54) is 22.5 Å². The zero-order valence-electron chi connectivity index (χ0n) is 15.7. The van der Waals surface area contributed by atoms with Crippen molar-refractivity contribution in [3.8, 4) is 0 Å². The van der Waals surface area contributed by atoms with Crippen LogP contribution in [0.1, 0.15) is 25.7 Å². The minimum Gasteiger partial charge on any atom is -0.408 e. The van der Waals surface area contributed by atoms with Crippen LogP contribution >= 0.6 is 0 Å². The number of aromatic nitrogens is 3. The normalized spacial score (nSPS) is 18.9. The average Bonchev–Trinajstić information content (AvgIpc) is 3.48. The second kappa shape index (κ2) is 6.96. The molecular weight excluding hydrogens is 394 g/mol. The lowest BCUT2D eigenvalue weighted by molar-refractivity contribution is 0.308. The summed E-state index contributed by atoms with van der Waals surface area (Å²) in [4.78, 5) is 24.8. The Morgan fingerprint density at radius 3 is 2.55 bits per heavy atom. The van der Waals surface area contributed by atoms with E-state index in [0.29, 0.717) is 30.2 Å². The zero-order valence-corrected chi connectivity index (χ0v) is 16.5. The van der Waals surface area contributed by atoms with E-state index in [9.17, 15) is 13.2 Å². The van der Waals surface area contributed by atoms with E-state index in [2.05, 4.69) is 19.9 Å². The van der Waals surface area contributed by atoms with Crippen molar-refractivity contribution in [1.29, 1.82) is 0 Å². The largest absolute Gasteiger partial charge is 0.417 e. The predicted molar refractivity (Wildman–Crippen MR) is 106 cm³/mol. The fourth-order valence-corrected chi connectivity index (χ4v) is 5.56. The molecule has 2 aliphatic rings. The summed E-state index contributed by atoms with van der Waals surface area (Å²) in [6.07, 6.45) is 7.07. The molecule has 152 valence electrons. The molecule has 5 rings (SSSR count). The third-order valence-electron chi connectivity index (χ3n) is 5.62. The monoisotopic (exact) mass is 415 g/mol. The molecule has 0 bridgehead atoms. The second-order valence-corrected chi connectivity index (χ2v) is 9.45. The van der Waals surface area contributed by atoms with Gasteiger partial charge in [-0.2, -0.15) is 4.31 Å². The number of benzene rings is 1. The quantitative estimate of drug-likeness (QED) is 0.675. The highest BCUT2D eigenvalue weighted by Gasteiger charge is 2.38. The Balaban J connectivity index is 1.34. The zero-order chi connectivity index (χ0) is 20.0. The molecule has 0 spiro atoms. The molecule has 1 N–H and O–H groups in total. The summed E-state index contributed by atoms with van der Waals surface area (Å²) in [5, 5.41) is 0.